The number of ether oxygens (including phenoxy) is 1. The number of anilines is 3. The Hall–Kier alpha value is -3.35. The largest absolute Gasteiger partial charge is 0.495 e. The van der Waals surface area contributed by atoms with Crippen molar-refractivity contribution in [3.63, 3.8) is 0 Å². The minimum absolute atomic E-state index is 0.150. The molecule has 0 radical (unpaired) electrons. The molecular formula is C20H23N3O4. The van der Waals surface area contributed by atoms with Crippen LogP contribution in [0.3, 0.4) is 0 Å². The molecule has 2 N–H and O–H groups in total. The Balaban J connectivity index is 2.13. The van der Waals surface area contributed by atoms with Gasteiger partial charge in [0.1, 0.15) is 12.3 Å². The molecule has 2 rings (SSSR count). The third-order valence-corrected chi connectivity index (χ3v) is 3.80. The number of nitrogens with one attached hydrogen (secondary N) is 2. The van der Waals surface area contributed by atoms with Gasteiger partial charge in [0, 0.05) is 25.2 Å². The maximum atomic E-state index is 12.4. The van der Waals surface area contributed by atoms with Gasteiger partial charge in [-0.05, 0) is 48.9 Å². The van der Waals surface area contributed by atoms with Crippen molar-refractivity contribution in [1.82, 2.24) is 0 Å². The molecule has 0 aromatic heterocycles. The normalized spacial score (nSPS) is 10.1. The Bertz CT molecular complexity index is 847. The number of carbonyl (C=O) groups is 3. The van der Waals surface area contributed by atoms with E-state index in [2.05, 4.69) is 10.6 Å². The summed E-state index contributed by atoms with van der Waals surface area (Å²) in [5, 5.41) is 5.40. The van der Waals surface area contributed by atoms with Crippen LogP contribution in [0.2, 0.25) is 0 Å². The summed E-state index contributed by atoms with van der Waals surface area (Å²) in [4.78, 5) is 37.0. The molecule has 0 saturated heterocycles. The topological polar surface area (TPSA) is 87.7 Å². The minimum atomic E-state index is -0.346. The van der Waals surface area contributed by atoms with Gasteiger partial charge in [0.05, 0.1) is 12.8 Å². The minimum Gasteiger partial charge on any atom is -0.495 e. The van der Waals surface area contributed by atoms with Crippen LogP contribution in [0.4, 0.5) is 17.1 Å². The van der Waals surface area contributed by atoms with Crippen LogP contribution in [-0.2, 0) is 14.4 Å². The highest BCUT2D eigenvalue weighted by Crippen LogP contribution is 2.29. The quantitative estimate of drug-likeness (QED) is 0.819. The Morgan fingerprint density at radius 3 is 2.07 bits per heavy atom. The van der Waals surface area contributed by atoms with Crippen molar-refractivity contribution >= 4 is 34.8 Å². The van der Waals surface area contributed by atoms with Gasteiger partial charge in [-0.3, -0.25) is 19.3 Å². The van der Waals surface area contributed by atoms with E-state index in [9.17, 15) is 14.4 Å². The van der Waals surface area contributed by atoms with E-state index in [4.69, 9.17) is 4.74 Å². The third-order valence-electron chi connectivity index (χ3n) is 3.80. The van der Waals surface area contributed by atoms with Crippen LogP contribution in [-0.4, -0.2) is 31.4 Å². The van der Waals surface area contributed by atoms with Gasteiger partial charge in [0.25, 0.3) is 0 Å². The van der Waals surface area contributed by atoms with Crippen molar-refractivity contribution in [2.45, 2.75) is 20.8 Å². The van der Waals surface area contributed by atoms with E-state index in [-0.39, 0.29) is 24.3 Å². The zero-order valence-electron chi connectivity index (χ0n) is 15.8. The molecule has 2 aromatic carbocycles. The summed E-state index contributed by atoms with van der Waals surface area (Å²) in [5.41, 5.74) is 2.69. The van der Waals surface area contributed by atoms with Crippen LogP contribution in [0.25, 0.3) is 0 Å². The number of carbonyl (C=O) groups excluding carboxylic acids is 3. The van der Waals surface area contributed by atoms with Gasteiger partial charge in [-0.1, -0.05) is 6.07 Å². The maximum absolute atomic E-state index is 12.4. The second-order valence-corrected chi connectivity index (χ2v) is 6.09. The molecule has 2 aromatic rings. The smallest absolute Gasteiger partial charge is 0.244 e. The van der Waals surface area contributed by atoms with Crippen molar-refractivity contribution in [2.24, 2.45) is 0 Å². The summed E-state index contributed by atoms with van der Waals surface area (Å²) in [7, 11) is 1.52. The predicted octanol–water partition coefficient (Wildman–Crippen LogP) is 2.95. The first-order valence-electron chi connectivity index (χ1n) is 8.40. The molecule has 3 amide bonds. The number of hydrogen-bond donors (Lipinski definition) is 2. The van der Waals surface area contributed by atoms with Crippen molar-refractivity contribution in [3.05, 3.63) is 48.0 Å². The molecule has 0 spiro atoms. The first kappa shape index (κ1) is 20.0. The second kappa shape index (κ2) is 8.84. The summed E-state index contributed by atoms with van der Waals surface area (Å²) >= 11 is 0. The van der Waals surface area contributed by atoms with Crippen molar-refractivity contribution < 1.29 is 19.1 Å². The molecule has 142 valence electrons. The fourth-order valence-corrected chi connectivity index (χ4v) is 2.56. The molecule has 0 atom stereocenters. The van der Waals surface area contributed by atoms with Crippen LogP contribution < -0.4 is 20.3 Å². The van der Waals surface area contributed by atoms with Gasteiger partial charge in [0.15, 0.2) is 0 Å². The molecule has 0 aliphatic rings. The molecule has 0 heterocycles. The third kappa shape index (κ3) is 5.57. The van der Waals surface area contributed by atoms with Gasteiger partial charge in [-0.25, -0.2) is 0 Å². The summed E-state index contributed by atoms with van der Waals surface area (Å²) in [6.07, 6.45) is 0. The molecular weight excluding hydrogens is 346 g/mol. The second-order valence-electron chi connectivity index (χ2n) is 6.09. The molecule has 7 nitrogen and oxygen atoms in total. The number of amides is 3. The molecule has 27 heavy (non-hydrogen) atoms. The summed E-state index contributed by atoms with van der Waals surface area (Å²) < 4.78 is 5.32. The van der Waals surface area contributed by atoms with Crippen molar-refractivity contribution in [1.29, 1.82) is 0 Å². The summed E-state index contributed by atoms with van der Waals surface area (Å²) in [5.74, 6) is -0.268. The average molecular weight is 369 g/mol. The highest BCUT2D eigenvalue weighted by Gasteiger charge is 2.19. The number of methoxy groups -OCH3 is 1. The summed E-state index contributed by atoms with van der Waals surface area (Å²) in [6, 6.07) is 12.2. The van der Waals surface area contributed by atoms with E-state index in [1.165, 1.54) is 25.9 Å². The fourth-order valence-electron chi connectivity index (χ4n) is 2.56. The number of aryl methyl sites for hydroxylation is 1. The van der Waals surface area contributed by atoms with E-state index < -0.39 is 0 Å². The Labute approximate surface area is 158 Å². The number of hydrogen-bond acceptors (Lipinski definition) is 4. The van der Waals surface area contributed by atoms with E-state index >= 15 is 0 Å². The zero-order valence-corrected chi connectivity index (χ0v) is 15.8. The lowest BCUT2D eigenvalue weighted by molar-refractivity contribution is -0.120. The van der Waals surface area contributed by atoms with Gasteiger partial charge < -0.3 is 15.4 Å². The number of nitrogens with zero attached hydrogens (tertiary/aromatic N) is 1. The molecule has 0 unspecified atom stereocenters. The molecule has 0 bridgehead atoms. The van der Waals surface area contributed by atoms with E-state index in [1.807, 2.05) is 13.0 Å². The first-order chi connectivity index (χ1) is 12.8. The monoisotopic (exact) mass is 369 g/mol. The van der Waals surface area contributed by atoms with Gasteiger partial charge in [0.2, 0.25) is 17.7 Å². The standard InChI is InChI=1S/C20H23N3O4/c1-13-5-10-19(27-4)18(11-13)23(15(3)25)12-20(26)22-17-8-6-16(7-9-17)21-14(2)24/h5-11H,12H2,1-4H3,(H,21,24)(H,22,26). The Morgan fingerprint density at radius 2 is 1.56 bits per heavy atom. The Kier molecular flexibility index (Phi) is 6.54. The lowest BCUT2D eigenvalue weighted by atomic mass is 10.2. The fraction of sp³-hybridized carbons (Fsp3) is 0.250. The molecule has 7 heteroatoms. The van der Waals surface area contributed by atoms with Crippen LogP contribution in [0.15, 0.2) is 42.5 Å². The molecule has 0 saturated carbocycles. The molecule has 0 aliphatic heterocycles. The van der Waals surface area contributed by atoms with E-state index in [1.54, 1.807) is 36.4 Å². The summed E-state index contributed by atoms with van der Waals surface area (Å²) in [6.45, 7) is 4.57. The molecule has 0 fully saturated rings. The first-order valence-corrected chi connectivity index (χ1v) is 8.40. The lowest BCUT2D eigenvalue weighted by Gasteiger charge is -2.23. The van der Waals surface area contributed by atoms with Gasteiger partial charge in [-0.2, -0.15) is 0 Å². The van der Waals surface area contributed by atoms with Crippen molar-refractivity contribution in [3.8, 4) is 5.75 Å². The number of rotatable bonds is 6. The highest BCUT2D eigenvalue weighted by atomic mass is 16.5. The van der Waals surface area contributed by atoms with E-state index in [0.717, 1.165) is 5.56 Å². The average Bonchev–Trinajstić information content (AvgIpc) is 2.60. The molecule has 0 aliphatic carbocycles. The highest BCUT2D eigenvalue weighted by molar-refractivity contribution is 6.02. The van der Waals surface area contributed by atoms with Gasteiger partial charge in [-0.15, -0.1) is 0 Å². The van der Waals surface area contributed by atoms with Crippen LogP contribution in [0.1, 0.15) is 19.4 Å². The van der Waals surface area contributed by atoms with Crippen molar-refractivity contribution in [2.75, 3.05) is 29.2 Å². The van der Waals surface area contributed by atoms with Crippen LogP contribution in [0.5, 0.6) is 5.75 Å². The maximum Gasteiger partial charge on any atom is 0.244 e. The van der Waals surface area contributed by atoms with Crippen LogP contribution >= 0.6 is 0 Å². The number of benzene rings is 2. The SMILES string of the molecule is COc1ccc(C)cc1N(CC(=O)Nc1ccc(NC(C)=O)cc1)C(C)=O. The zero-order chi connectivity index (χ0) is 20.0. The van der Waals surface area contributed by atoms with Gasteiger partial charge >= 0.3 is 0 Å². The van der Waals surface area contributed by atoms with Crippen LogP contribution in [0, 0.1) is 6.92 Å². The Morgan fingerprint density at radius 1 is 0.963 bits per heavy atom. The van der Waals surface area contributed by atoms with E-state index in [0.29, 0.717) is 22.8 Å². The lowest BCUT2D eigenvalue weighted by Crippen LogP contribution is -2.37. The predicted molar refractivity (Wildman–Crippen MR) is 105 cm³/mol.